The standard InChI is InChI=1S/C14H21BrN2S/c1-13(2)7-14(8-16,10-18-9-13)17-12-5-3-11(15)4-6-12/h3-6,17H,7-10,16H2,1-2H3. The zero-order chi connectivity index (χ0) is 13.2. The summed E-state index contributed by atoms with van der Waals surface area (Å²) in [7, 11) is 0. The molecule has 0 aliphatic carbocycles. The average Bonchev–Trinajstić information content (AvgIpc) is 2.31. The van der Waals surface area contributed by atoms with Crippen molar-refractivity contribution in [2.24, 2.45) is 11.1 Å². The lowest BCUT2D eigenvalue weighted by atomic mass is 9.79. The number of halogens is 1. The second kappa shape index (κ2) is 5.43. The van der Waals surface area contributed by atoms with Crippen LogP contribution in [0.15, 0.2) is 28.7 Å². The van der Waals surface area contributed by atoms with Crippen molar-refractivity contribution in [3.8, 4) is 0 Å². The Bertz CT molecular complexity index is 405. The molecule has 1 atom stereocenters. The molecular formula is C14H21BrN2S. The molecule has 0 bridgehead atoms. The zero-order valence-electron chi connectivity index (χ0n) is 11.0. The van der Waals surface area contributed by atoms with E-state index in [9.17, 15) is 0 Å². The predicted molar refractivity (Wildman–Crippen MR) is 85.3 cm³/mol. The van der Waals surface area contributed by atoms with Gasteiger partial charge >= 0.3 is 0 Å². The Morgan fingerprint density at radius 1 is 1.28 bits per heavy atom. The fourth-order valence-corrected chi connectivity index (χ4v) is 4.35. The lowest BCUT2D eigenvalue weighted by Crippen LogP contribution is -2.53. The Hall–Kier alpha value is -0.190. The molecule has 1 fully saturated rings. The van der Waals surface area contributed by atoms with E-state index < -0.39 is 0 Å². The number of benzene rings is 1. The van der Waals surface area contributed by atoms with Gasteiger partial charge in [-0.2, -0.15) is 11.8 Å². The minimum atomic E-state index is 0.0280. The third kappa shape index (κ3) is 3.43. The van der Waals surface area contributed by atoms with Crippen molar-refractivity contribution in [2.45, 2.75) is 25.8 Å². The van der Waals surface area contributed by atoms with E-state index in [0.717, 1.165) is 22.3 Å². The Morgan fingerprint density at radius 3 is 2.50 bits per heavy atom. The largest absolute Gasteiger partial charge is 0.377 e. The van der Waals surface area contributed by atoms with Gasteiger partial charge < -0.3 is 11.1 Å². The molecule has 1 heterocycles. The van der Waals surface area contributed by atoms with E-state index in [2.05, 4.69) is 59.4 Å². The van der Waals surface area contributed by atoms with Gasteiger partial charge in [0.2, 0.25) is 0 Å². The molecule has 18 heavy (non-hydrogen) atoms. The van der Waals surface area contributed by atoms with E-state index in [0.29, 0.717) is 12.0 Å². The highest BCUT2D eigenvalue weighted by atomic mass is 79.9. The van der Waals surface area contributed by atoms with Crippen LogP contribution < -0.4 is 11.1 Å². The van der Waals surface area contributed by atoms with Gasteiger partial charge in [-0.05, 0) is 41.9 Å². The van der Waals surface area contributed by atoms with Gasteiger partial charge in [0, 0.05) is 22.5 Å². The van der Waals surface area contributed by atoms with E-state index in [1.165, 1.54) is 5.75 Å². The average molecular weight is 329 g/mol. The quantitative estimate of drug-likeness (QED) is 0.888. The van der Waals surface area contributed by atoms with Gasteiger partial charge in [-0.1, -0.05) is 29.8 Å². The molecule has 1 aliphatic rings. The number of nitrogens with one attached hydrogen (secondary N) is 1. The highest BCUT2D eigenvalue weighted by Gasteiger charge is 2.39. The zero-order valence-corrected chi connectivity index (χ0v) is 13.4. The number of hydrogen-bond donors (Lipinski definition) is 2. The molecule has 100 valence electrons. The molecule has 0 spiro atoms. The van der Waals surface area contributed by atoms with Crippen LogP contribution in [0, 0.1) is 5.41 Å². The molecule has 2 rings (SSSR count). The smallest absolute Gasteiger partial charge is 0.0591 e. The van der Waals surface area contributed by atoms with E-state index >= 15 is 0 Å². The van der Waals surface area contributed by atoms with Crippen LogP contribution in [-0.2, 0) is 0 Å². The molecule has 0 radical (unpaired) electrons. The summed E-state index contributed by atoms with van der Waals surface area (Å²) in [6.07, 6.45) is 1.12. The molecule has 0 amide bonds. The second-order valence-electron chi connectivity index (χ2n) is 5.95. The van der Waals surface area contributed by atoms with Crippen molar-refractivity contribution in [3.63, 3.8) is 0 Å². The van der Waals surface area contributed by atoms with Gasteiger partial charge in [0.15, 0.2) is 0 Å². The van der Waals surface area contributed by atoms with Crippen molar-refractivity contribution in [1.82, 2.24) is 0 Å². The summed E-state index contributed by atoms with van der Waals surface area (Å²) in [5.74, 6) is 2.31. The lowest BCUT2D eigenvalue weighted by Gasteiger charge is -2.45. The molecule has 4 heteroatoms. The van der Waals surface area contributed by atoms with Gasteiger partial charge in [-0.3, -0.25) is 0 Å². The summed E-state index contributed by atoms with van der Waals surface area (Å²) in [5.41, 5.74) is 7.59. The molecule has 1 aliphatic heterocycles. The first-order chi connectivity index (χ1) is 8.45. The Labute approximate surface area is 122 Å². The fourth-order valence-electron chi connectivity index (χ4n) is 2.64. The van der Waals surface area contributed by atoms with Crippen LogP contribution in [0.4, 0.5) is 5.69 Å². The molecular weight excluding hydrogens is 308 g/mol. The van der Waals surface area contributed by atoms with Crippen LogP contribution in [0.1, 0.15) is 20.3 Å². The van der Waals surface area contributed by atoms with Crippen LogP contribution in [-0.4, -0.2) is 23.6 Å². The third-order valence-corrected chi connectivity index (χ3v) is 5.60. The number of nitrogens with two attached hydrogens (primary N) is 1. The lowest BCUT2D eigenvalue weighted by molar-refractivity contribution is 0.290. The first kappa shape index (κ1) is 14.2. The van der Waals surface area contributed by atoms with Gasteiger partial charge in [0.05, 0.1) is 5.54 Å². The number of anilines is 1. The maximum atomic E-state index is 6.05. The van der Waals surface area contributed by atoms with E-state index in [1.54, 1.807) is 0 Å². The molecule has 3 N–H and O–H groups in total. The van der Waals surface area contributed by atoms with Crippen molar-refractivity contribution in [2.75, 3.05) is 23.4 Å². The Morgan fingerprint density at radius 2 is 1.94 bits per heavy atom. The molecule has 1 aromatic rings. The summed E-state index contributed by atoms with van der Waals surface area (Å²) >= 11 is 5.47. The van der Waals surface area contributed by atoms with Crippen LogP contribution in [0.3, 0.4) is 0 Å². The topological polar surface area (TPSA) is 38.0 Å². The maximum absolute atomic E-state index is 6.05. The molecule has 1 saturated heterocycles. The normalized spacial score (nSPS) is 26.9. The predicted octanol–water partition coefficient (Wildman–Crippen LogP) is 3.72. The minimum absolute atomic E-state index is 0.0280. The van der Waals surface area contributed by atoms with Crippen LogP contribution in [0.5, 0.6) is 0 Å². The second-order valence-corrected chi connectivity index (χ2v) is 7.85. The van der Waals surface area contributed by atoms with Crippen molar-refractivity contribution in [3.05, 3.63) is 28.7 Å². The van der Waals surface area contributed by atoms with Gasteiger partial charge in [0.1, 0.15) is 0 Å². The molecule has 0 saturated carbocycles. The SMILES string of the molecule is CC1(C)CSCC(CN)(Nc2ccc(Br)cc2)C1. The van der Waals surface area contributed by atoms with Gasteiger partial charge in [0.25, 0.3) is 0 Å². The molecule has 2 nitrogen and oxygen atoms in total. The van der Waals surface area contributed by atoms with Crippen LogP contribution in [0.25, 0.3) is 0 Å². The Balaban J connectivity index is 2.15. The van der Waals surface area contributed by atoms with Gasteiger partial charge in [-0.15, -0.1) is 0 Å². The monoisotopic (exact) mass is 328 g/mol. The van der Waals surface area contributed by atoms with E-state index in [1.807, 2.05) is 11.8 Å². The summed E-state index contributed by atoms with van der Waals surface area (Å²) in [6, 6.07) is 8.34. The number of thioether (sulfide) groups is 1. The number of rotatable bonds is 3. The summed E-state index contributed by atoms with van der Waals surface area (Å²) in [4.78, 5) is 0. The molecule has 1 aromatic carbocycles. The first-order valence-corrected chi connectivity index (χ1v) is 8.21. The highest BCUT2D eigenvalue weighted by molar-refractivity contribution is 9.10. The summed E-state index contributed by atoms with van der Waals surface area (Å²) in [6.45, 7) is 5.33. The minimum Gasteiger partial charge on any atom is -0.377 e. The summed E-state index contributed by atoms with van der Waals surface area (Å²) in [5, 5.41) is 3.66. The maximum Gasteiger partial charge on any atom is 0.0591 e. The van der Waals surface area contributed by atoms with Crippen LogP contribution in [0.2, 0.25) is 0 Å². The van der Waals surface area contributed by atoms with E-state index in [4.69, 9.17) is 5.73 Å². The van der Waals surface area contributed by atoms with Gasteiger partial charge in [-0.25, -0.2) is 0 Å². The molecule has 1 unspecified atom stereocenters. The van der Waals surface area contributed by atoms with Crippen molar-refractivity contribution < 1.29 is 0 Å². The van der Waals surface area contributed by atoms with E-state index in [-0.39, 0.29) is 5.54 Å². The highest BCUT2D eigenvalue weighted by Crippen LogP contribution is 2.40. The first-order valence-electron chi connectivity index (χ1n) is 6.26. The molecule has 0 aromatic heterocycles. The number of hydrogen-bond acceptors (Lipinski definition) is 3. The third-order valence-electron chi connectivity index (χ3n) is 3.33. The fraction of sp³-hybridized carbons (Fsp3) is 0.571. The summed E-state index contributed by atoms with van der Waals surface area (Å²) < 4.78 is 1.10. The van der Waals surface area contributed by atoms with Crippen LogP contribution >= 0.6 is 27.7 Å². The van der Waals surface area contributed by atoms with Crippen molar-refractivity contribution >= 4 is 33.4 Å². The Kier molecular flexibility index (Phi) is 4.29. The van der Waals surface area contributed by atoms with Crippen molar-refractivity contribution in [1.29, 1.82) is 0 Å².